The summed E-state index contributed by atoms with van der Waals surface area (Å²) >= 11 is 0. The Bertz CT molecular complexity index is 236. The number of epoxide rings is 1. The largest absolute Gasteiger partial charge is 0.494 e. The Hall–Kier alpha value is -1.02. The molecule has 2 unspecified atom stereocenters. The fourth-order valence-corrected chi connectivity index (χ4v) is 1.17. The predicted octanol–water partition coefficient (Wildman–Crippen LogP) is 1.66. The molecule has 0 spiro atoms. The first-order valence-electron chi connectivity index (χ1n) is 4.15. The van der Waals surface area contributed by atoms with Gasteiger partial charge < -0.3 is 9.47 Å². The molecule has 2 aliphatic rings. The van der Waals surface area contributed by atoms with E-state index in [2.05, 4.69) is 12.7 Å². The maximum absolute atomic E-state index is 5.53. The fraction of sp³-hybridized carbons (Fsp3) is 0.400. The molecule has 2 rings (SSSR count). The van der Waals surface area contributed by atoms with Crippen LogP contribution in [0.15, 0.2) is 36.6 Å². The molecule has 0 amide bonds. The van der Waals surface area contributed by atoms with Gasteiger partial charge in [-0.1, -0.05) is 18.2 Å². The zero-order valence-corrected chi connectivity index (χ0v) is 6.90. The SMILES string of the molecule is C=CC1C=CC=C1OCC1CO1. The van der Waals surface area contributed by atoms with Crippen molar-refractivity contribution in [1.82, 2.24) is 0 Å². The molecular weight excluding hydrogens is 152 g/mol. The Morgan fingerprint density at radius 3 is 3.25 bits per heavy atom. The Balaban J connectivity index is 1.82. The lowest BCUT2D eigenvalue weighted by Gasteiger charge is -2.09. The van der Waals surface area contributed by atoms with Gasteiger partial charge in [0.2, 0.25) is 0 Å². The molecule has 64 valence electrons. The zero-order valence-electron chi connectivity index (χ0n) is 6.90. The average Bonchev–Trinajstić information content (AvgIpc) is 2.81. The molecule has 0 aromatic heterocycles. The molecule has 1 fully saturated rings. The first kappa shape index (κ1) is 7.62. The average molecular weight is 164 g/mol. The van der Waals surface area contributed by atoms with Gasteiger partial charge in [-0.05, 0) is 6.08 Å². The third-order valence-electron chi connectivity index (χ3n) is 2.00. The van der Waals surface area contributed by atoms with Gasteiger partial charge in [-0.25, -0.2) is 0 Å². The quantitative estimate of drug-likeness (QED) is 0.465. The van der Waals surface area contributed by atoms with E-state index in [9.17, 15) is 0 Å². The van der Waals surface area contributed by atoms with Gasteiger partial charge in [-0.15, -0.1) is 6.58 Å². The molecule has 0 radical (unpaired) electrons. The van der Waals surface area contributed by atoms with Crippen LogP contribution in [-0.2, 0) is 9.47 Å². The number of rotatable bonds is 4. The Morgan fingerprint density at radius 1 is 1.75 bits per heavy atom. The normalized spacial score (nSPS) is 31.5. The van der Waals surface area contributed by atoms with Crippen LogP contribution in [0.5, 0.6) is 0 Å². The minimum atomic E-state index is 0.267. The summed E-state index contributed by atoms with van der Waals surface area (Å²) in [4.78, 5) is 0. The first-order valence-corrected chi connectivity index (χ1v) is 4.15. The highest BCUT2D eigenvalue weighted by atomic mass is 16.6. The van der Waals surface area contributed by atoms with Crippen LogP contribution in [-0.4, -0.2) is 19.3 Å². The van der Waals surface area contributed by atoms with Crippen molar-refractivity contribution in [3.05, 3.63) is 36.6 Å². The van der Waals surface area contributed by atoms with Crippen molar-refractivity contribution in [2.75, 3.05) is 13.2 Å². The Kier molecular flexibility index (Phi) is 2.00. The van der Waals surface area contributed by atoms with Gasteiger partial charge in [0.15, 0.2) is 0 Å². The number of allylic oxidation sites excluding steroid dienone is 3. The van der Waals surface area contributed by atoms with Crippen molar-refractivity contribution in [2.45, 2.75) is 6.10 Å². The van der Waals surface area contributed by atoms with Gasteiger partial charge in [0.05, 0.1) is 12.5 Å². The summed E-state index contributed by atoms with van der Waals surface area (Å²) < 4.78 is 10.6. The molecule has 1 aliphatic heterocycles. The topological polar surface area (TPSA) is 21.8 Å². The lowest BCUT2D eigenvalue weighted by atomic mass is 10.1. The highest BCUT2D eigenvalue weighted by Gasteiger charge is 2.24. The summed E-state index contributed by atoms with van der Waals surface area (Å²) in [6.07, 6.45) is 8.25. The molecule has 1 aliphatic carbocycles. The second kappa shape index (κ2) is 3.15. The van der Waals surface area contributed by atoms with E-state index in [1.165, 1.54) is 0 Å². The van der Waals surface area contributed by atoms with Gasteiger partial charge in [-0.3, -0.25) is 0 Å². The second-order valence-electron chi connectivity index (χ2n) is 2.98. The molecular formula is C10H12O2. The van der Waals surface area contributed by atoms with E-state index in [1.807, 2.05) is 18.2 Å². The fourth-order valence-electron chi connectivity index (χ4n) is 1.17. The lowest BCUT2D eigenvalue weighted by molar-refractivity contribution is 0.172. The zero-order chi connectivity index (χ0) is 8.39. The van der Waals surface area contributed by atoms with Crippen LogP contribution in [0.1, 0.15) is 0 Å². The molecule has 12 heavy (non-hydrogen) atoms. The maximum atomic E-state index is 5.53. The predicted molar refractivity (Wildman–Crippen MR) is 46.6 cm³/mol. The van der Waals surface area contributed by atoms with Crippen molar-refractivity contribution < 1.29 is 9.47 Å². The summed E-state index contributed by atoms with van der Waals surface area (Å²) in [6.45, 7) is 5.26. The van der Waals surface area contributed by atoms with Crippen LogP contribution in [0.3, 0.4) is 0 Å². The van der Waals surface area contributed by atoms with Gasteiger partial charge in [-0.2, -0.15) is 0 Å². The molecule has 0 saturated carbocycles. The number of hydrogen-bond acceptors (Lipinski definition) is 2. The van der Waals surface area contributed by atoms with E-state index in [4.69, 9.17) is 9.47 Å². The van der Waals surface area contributed by atoms with E-state index in [-0.39, 0.29) is 5.92 Å². The minimum Gasteiger partial charge on any atom is -0.494 e. The van der Waals surface area contributed by atoms with Crippen molar-refractivity contribution in [1.29, 1.82) is 0 Å². The van der Waals surface area contributed by atoms with E-state index in [0.29, 0.717) is 12.7 Å². The number of ether oxygens (including phenoxy) is 2. The van der Waals surface area contributed by atoms with E-state index in [1.54, 1.807) is 0 Å². The molecule has 1 heterocycles. The molecule has 2 heteroatoms. The van der Waals surface area contributed by atoms with E-state index < -0.39 is 0 Å². The van der Waals surface area contributed by atoms with Crippen molar-refractivity contribution in [3.8, 4) is 0 Å². The summed E-state index contributed by atoms with van der Waals surface area (Å²) in [5.74, 6) is 1.25. The van der Waals surface area contributed by atoms with E-state index in [0.717, 1.165) is 12.4 Å². The van der Waals surface area contributed by atoms with Crippen molar-refractivity contribution in [3.63, 3.8) is 0 Å². The molecule has 0 N–H and O–H groups in total. The number of hydrogen-bond donors (Lipinski definition) is 0. The maximum Gasteiger partial charge on any atom is 0.116 e. The van der Waals surface area contributed by atoms with Crippen molar-refractivity contribution >= 4 is 0 Å². The minimum absolute atomic E-state index is 0.267. The lowest BCUT2D eigenvalue weighted by Crippen LogP contribution is -2.04. The highest BCUT2D eigenvalue weighted by Crippen LogP contribution is 2.22. The van der Waals surface area contributed by atoms with Gasteiger partial charge in [0.1, 0.15) is 18.5 Å². The summed E-state index contributed by atoms with van der Waals surface area (Å²) in [7, 11) is 0. The Morgan fingerprint density at radius 2 is 2.58 bits per heavy atom. The molecule has 0 aromatic carbocycles. The standard InChI is InChI=1S/C10H12O2/c1-2-8-4-3-5-10(8)12-7-9-6-11-9/h2-5,8-9H,1,6-7H2. The molecule has 1 saturated heterocycles. The Labute approximate surface area is 72.2 Å². The van der Waals surface area contributed by atoms with E-state index >= 15 is 0 Å². The first-order chi connectivity index (χ1) is 5.90. The molecule has 2 nitrogen and oxygen atoms in total. The smallest absolute Gasteiger partial charge is 0.116 e. The van der Waals surface area contributed by atoms with Crippen LogP contribution in [0.2, 0.25) is 0 Å². The van der Waals surface area contributed by atoms with Crippen LogP contribution in [0.4, 0.5) is 0 Å². The van der Waals surface area contributed by atoms with Gasteiger partial charge in [0, 0.05) is 0 Å². The van der Waals surface area contributed by atoms with Crippen LogP contribution < -0.4 is 0 Å². The van der Waals surface area contributed by atoms with Crippen LogP contribution in [0, 0.1) is 5.92 Å². The molecule has 0 aromatic rings. The highest BCUT2D eigenvalue weighted by molar-refractivity contribution is 5.27. The monoisotopic (exact) mass is 164 g/mol. The van der Waals surface area contributed by atoms with Gasteiger partial charge in [0.25, 0.3) is 0 Å². The van der Waals surface area contributed by atoms with Crippen LogP contribution >= 0.6 is 0 Å². The summed E-state index contributed by atoms with van der Waals surface area (Å²) in [6, 6.07) is 0. The van der Waals surface area contributed by atoms with Gasteiger partial charge >= 0.3 is 0 Å². The van der Waals surface area contributed by atoms with Crippen LogP contribution in [0.25, 0.3) is 0 Å². The summed E-state index contributed by atoms with van der Waals surface area (Å²) in [5.41, 5.74) is 0. The third kappa shape index (κ3) is 1.59. The third-order valence-corrected chi connectivity index (χ3v) is 2.00. The van der Waals surface area contributed by atoms with Crippen molar-refractivity contribution in [2.24, 2.45) is 5.92 Å². The molecule has 2 atom stereocenters. The second-order valence-corrected chi connectivity index (χ2v) is 2.98. The molecule has 0 bridgehead atoms. The summed E-state index contributed by atoms with van der Waals surface area (Å²) in [5, 5.41) is 0.